The number of benzene rings is 2. The molecule has 2 aromatic carbocycles. The van der Waals surface area contributed by atoms with Gasteiger partial charge in [-0.15, -0.1) is 0 Å². The van der Waals surface area contributed by atoms with Gasteiger partial charge >= 0.3 is 0 Å². The fourth-order valence-electron chi connectivity index (χ4n) is 4.11. The second-order valence-electron chi connectivity index (χ2n) is 7.98. The quantitative estimate of drug-likeness (QED) is 0.416. The van der Waals surface area contributed by atoms with Gasteiger partial charge in [-0.25, -0.2) is 9.97 Å². The van der Waals surface area contributed by atoms with Gasteiger partial charge in [0.25, 0.3) is 0 Å². The van der Waals surface area contributed by atoms with Crippen molar-refractivity contribution in [3.8, 4) is 0 Å². The summed E-state index contributed by atoms with van der Waals surface area (Å²) in [6.07, 6.45) is 4.60. The third-order valence-corrected chi connectivity index (χ3v) is 6.31. The highest BCUT2D eigenvalue weighted by molar-refractivity contribution is 9.10. The van der Waals surface area contributed by atoms with Crippen LogP contribution >= 0.6 is 15.9 Å². The van der Waals surface area contributed by atoms with Gasteiger partial charge in [-0.2, -0.15) is 0 Å². The number of fused-ring (bicyclic) bond motifs is 1. The molecular weight excluding hydrogens is 450 g/mol. The smallest absolute Gasteiger partial charge is 0.225 e. The lowest BCUT2D eigenvalue weighted by atomic mass is 10.1. The third kappa shape index (κ3) is 4.39. The van der Waals surface area contributed by atoms with Crippen LogP contribution in [0.4, 0.5) is 11.6 Å². The fraction of sp³-hybridized carbons (Fsp3) is 0.240. The molecule has 6 heteroatoms. The molecule has 3 heterocycles. The van der Waals surface area contributed by atoms with E-state index in [0.717, 1.165) is 54.2 Å². The number of halogens is 1. The van der Waals surface area contributed by atoms with Crippen molar-refractivity contribution in [1.82, 2.24) is 15.0 Å². The van der Waals surface area contributed by atoms with Gasteiger partial charge < -0.3 is 9.80 Å². The number of aryl methyl sites for hydroxylation is 1. The highest BCUT2D eigenvalue weighted by Gasteiger charge is 2.21. The van der Waals surface area contributed by atoms with E-state index in [1.165, 1.54) is 22.2 Å². The lowest BCUT2D eigenvalue weighted by molar-refractivity contribution is 0.640. The molecule has 1 fully saturated rings. The van der Waals surface area contributed by atoms with Crippen molar-refractivity contribution in [1.29, 1.82) is 0 Å². The molecule has 4 aromatic rings. The first-order chi connectivity index (χ1) is 15.2. The molecule has 5 nitrogen and oxygen atoms in total. The summed E-state index contributed by atoms with van der Waals surface area (Å²) in [6.45, 7) is 5.78. The van der Waals surface area contributed by atoms with E-state index in [1.807, 2.05) is 18.5 Å². The highest BCUT2D eigenvalue weighted by atomic mass is 79.9. The molecule has 2 aromatic heterocycles. The van der Waals surface area contributed by atoms with Gasteiger partial charge in [-0.1, -0.05) is 40.2 Å². The molecule has 0 aliphatic carbocycles. The Morgan fingerprint density at radius 2 is 1.58 bits per heavy atom. The summed E-state index contributed by atoms with van der Waals surface area (Å²) >= 11 is 3.49. The molecule has 0 N–H and O–H groups in total. The molecule has 0 bridgehead atoms. The van der Waals surface area contributed by atoms with Crippen LogP contribution < -0.4 is 9.80 Å². The summed E-state index contributed by atoms with van der Waals surface area (Å²) in [5, 5.41) is 1.22. The lowest BCUT2D eigenvalue weighted by Gasteiger charge is -2.36. The molecule has 1 saturated heterocycles. The first kappa shape index (κ1) is 19.9. The molecule has 156 valence electrons. The molecule has 5 rings (SSSR count). The SMILES string of the molecule is Cc1ccc2c(N3CCN(c4nccc(Cc5ccc(Br)cc5)n4)CC3)ccnc2c1. The summed E-state index contributed by atoms with van der Waals surface area (Å²) in [5.41, 5.74) is 5.85. The van der Waals surface area contributed by atoms with E-state index in [1.54, 1.807) is 0 Å². The van der Waals surface area contributed by atoms with Crippen molar-refractivity contribution in [3.05, 3.63) is 88.3 Å². The minimum atomic E-state index is 0.811. The average molecular weight is 474 g/mol. The van der Waals surface area contributed by atoms with Crippen LogP contribution in [0.15, 0.2) is 71.5 Å². The Morgan fingerprint density at radius 1 is 0.839 bits per heavy atom. The van der Waals surface area contributed by atoms with Gasteiger partial charge in [0.2, 0.25) is 5.95 Å². The van der Waals surface area contributed by atoms with Gasteiger partial charge in [0.15, 0.2) is 0 Å². The van der Waals surface area contributed by atoms with Crippen LogP contribution in [0.25, 0.3) is 10.9 Å². The molecule has 1 aliphatic heterocycles. The van der Waals surface area contributed by atoms with E-state index in [9.17, 15) is 0 Å². The van der Waals surface area contributed by atoms with E-state index in [-0.39, 0.29) is 0 Å². The van der Waals surface area contributed by atoms with Crippen LogP contribution in [-0.4, -0.2) is 41.1 Å². The van der Waals surface area contributed by atoms with E-state index in [0.29, 0.717) is 0 Å². The van der Waals surface area contributed by atoms with Crippen molar-refractivity contribution < 1.29 is 0 Å². The lowest BCUT2D eigenvalue weighted by Crippen LogP contribution is -2.47. The number of hydrogen-bond acceptors (Lipinski definition) is 5. The van der Waals surface area contributed by atoms with E-state index in [2.05, 4.69) is 91.2 Å². The third-order valence-electron chi connectivity index (χ3n) is 5.78. The standard InChI is InChI=1S/C25H24BrN5/c1-18-2-7-22-23(16-18)27-11-9-24(22)30-12-14-31(15-13-30)25-28-10-8-21(29-25)17-19-3-5-20(26)6-4-19/h2-11,16H,12-15,17H2,1H3. The Balaban J connectivity index is 1.29. The van der Waals surface area contributed by atoms with E-state index in [4.69, 9.17) is 4.98 Å². The zero-order valence-corrected chi connectivity index (χ0v) is 19.1. The molecule has 1 aliphatic rings. The zero-order valence-electron chi connectivity index (χ0n) is 17.5. The first-order valence-electron chi connectivity index (χ1n) is 10.6. The summed E-state index contributed by atoms with van der Waals surface area (Å²) in [7, 11) is 0. The minimum Gasteiger partial charge on any atom is -0.367 e. The number of pyridine rings is 1. The Hall–Kier alpha value is -2.99. The van der Waals surface area contributed by atoms with Gasteiger partial charge in [0.05, 0.1) is 11.2 Å². The second-order valence-corrected chi connectivity index (χ2v) is 8.89. The van der Waals surface area contributed by atoms with E-state index >= 15 is 0 Å². The van der Waals surface area contributed by atoms with Crippen molar-refractivity contribution in [2.75, 3.05) is 36.0 Å². The monoisotopic (exact) mass is 473 g/mol. The van der Waals surface area contributed by atoms with Crippen LogP contribution in [0, 0.1) is 6.92 Å². The Labute approximate surface area is 190 Å². The van der Waals surface area contributed by atoms with Gasteiger partial charge in [0.1, 0.15) is 0 Å². The number of piperazine rings is 1. The fourth-order valence-corrected chi connectivity index (χ4v) is 4.38. The van der Waals surface area contributed by atoms with Crippen LogP contribution in [-0.2, 0) is 6.42 Å². The van der Waals surface area contributed by atoms with Crippen LogP contribution in [0.5, 0.6) is 0 Å². The molecule has 31 heavy (non-hydrogen) atoms. The Kier molecular flexibility index (Phi) is 5.55. The normalized spacial score (nSPS) is 14.3. The molecule has 0 amide bonds. The van der Waals surface area contributed by atoms with Gasteiger partial charge in [-0.05, 0) is 48.4 Å². The Morgan fingerprint density at radius 3 is 2.39 bits per heavy atom. The summed E-state index contributed by atoms with van der Waals surface area (Å²) in [6, 6.07) is 19.0. The molecule has 0 radical (unpaired) electrons. The van der Waals surface area contributed by atoms with Gasteiger partial charge in [-0.3, -0.25) is 4.98 Å². The largest absolute Gasteiger partial charge is 0.367 e. The van der Waals surface area contributed by atoms with Crippen molar-refractivity contribution >= 4 is 38.5 Å². The summed E-state index contributed by atoms with van der Waals surface area (Å²) in [5.74, 6) is 0.824. The molecule has 0 spiro atoms. The minimum absolute atomic E-state index is 0.811. The topological polar surface area (TPSA) is 45.2 Å². The van der Waals surface area contributed by atoms with Crippen LogP contribution in [0.2, 0.25) is 0 Å². The average Bonchev–Trinajstić information content (AvgIpc) is 2.80. The molecule has 0 saturated carbocycles. The van der Waals surface area contributed by atoms with Crippen LogP contribution in [0.1, 0.15) is 16.8 Å². The number of anilines is 2. The molecular formula is C25H24BrN5. The molecule has 0 atom stereocenters. The van der Waals surface area contributed by atoms with E-state index < -0.39 is 0 Å². The van der Waals surface area contributed by atoms with Crippen molar-refractivity contribution in [3.63, 3.8) is 0 Å². The van der Waals surface area contributed by atoms with Crippen LogP contribution in [0.3, 0.4) is 0 Å². The second kappa shape index (κ2) is 8.63. The maximum absolute atomic E-state index is 4.85. The number of aromatic nitrogens is 3. The molecule has 0 unspecified atom stereocenters. The highest BCUT2D eigenvalue weighted by Crippen LogP contribution is 2.27. The predicted molar refractivity (Wildman–Crippen MR) is 130 cm³/mol. The number of hydrogen-bond donors (Lipinski definition) is 0. The summed E-state index contributed by atoms with van der Waals surface area (Å²) < 4.78 is 1.09. The van der Waals surface area contributed by atoms with Gasteiger partial charge in [0, 0.05) is 60.5 Å². The first-order valence-corrected chi connectivity index (χ1v) is 11.4. The van der Waals surface area contributed by atoms with Crippen molar-refractivity contribution in [2.24, 2.45) is 0 Å². The van der Waals surface area contributed by atoms with Crippen molar-refractivity contribution in [2.45, 2.75) is 13.3 Å². The predicted octanol–water partition coefficient (Wildman–Crippen LogP) is 5.01. The number of nitrogens with zero attached hydrogens (tertiary/aromatic N) is 5. The summed E-state index contributed by atoms with van der Waals surface area (Å²) in [4.78, 5) is 18.7. The maximum atomic E-state index is 4.85. The maximum Gasteiger partial charge on any atom is 0.225 e. The zero-order chi connectivity index (χ0) is 21.2. The Bertz CT molecular complexity index is 1200. The number of rotatable bonds is 4.